The largest absolute Gasteiger partial charge is 0.441 e. The van der Waals surface area contributed by atoms with Gasteiger partial charge in [0.15, 0.2) is 11.7 Å². The number of para-hydroxylation sites is 1. The highest BCUT2D eigenvalue weighted by Crippen LogP contribution is 2.24. The van der Waals surface area contributed by atoms with Gasteiger partial charge in [-0.15, -0.1) is 0 Å². The minimum absolute atomic E-state index is 0.00115. The van der Waals surface area contributed by atoms with E-state index >= 15 is 0 Å². The van der Waals surface area contributed by atoms with E-state index in [1.807, 2.05) is 30.3 Å². The van der Waals surface area contributed by atoms with Crippen molar-refractivity contribution < 1.29 is 18.4 Å². The molecule has 0 radical (unpaired) electrons. The normalized spacial score (nSPS) is 14.4. The number of carbonyl (C=O) groups excluding carboxylic acids is 2. The smallest absolute Gasteiger partial charge is 0.227 e. The minimum Gasteiger partial charge on any atom is -0.441 e. The van der Waals surface area contributed by atoms with E-state index in [0.29, 0.717) is 49.6 Å². The van der Waals surface area contributed by atoms with Gasteiger partial charge in [-0.05, 0) is 37.1 Å². The molecule has 6 nitrogen and oxygen atoms in total. The Bertz CT molecular complexity index is 1040. The molecular formula is C24H24FN3O3. The first-order valence-corrected chi connectivity index (χ1v) is 10.4. The summed E-state index contributed by atoms with van der Waals surface area (Å²) in [6.45, 7) is 1.11. The summed E-state index contributed by atoms with van der Waals surface area (Å²) in [7, 11) is 0. The molecule has 1 saturated heterocycles. The van der Waals surface area contributed by atoms with E-state index < -0.39 is 0 Å². The lowest BCUT2D eigenvalue weighted by atomic mass is 9.95. The van der Waals surface area contributed by atoms with E-state index in [4.69, 9.17) is 4.42 Å². The Morgan fingerprint density at radius 2 is 1.77 bits per heavy atom. The van der Waals surface area contributed by atoms with Gasteiger partial charge in [-0.2, -0.15) is 0 Å². The summed E-state index contributed by atoms with van der Waals surface area (Å²) in [5.41, 5.74) is 1.13. The molecule has 2 heterocycles. The molecule has 0 aliphatic carbocycles. The van der Waals surface area contributed by atoms with Crippen molar-refractivity contribution in [2.24, 2.45) is 5.92 Å². The van der Waals surface area contributed by atoms with Gasteiger partial charge in [0.25, 0.3) is 0 Å². The summed E-state index contributed by atoms with van der Waals surface area (Å²) < 4.78 is 19.5. The number of aryl methyl sites for hydroxylation is 1. The Morgan fingerprint density at radius 1 is 1.06 bits per heavy atom. The van der Waals surface area contributed by atoms with Crippen molar-refractivity contribution in [1.82, 2.24) is 9.88 Å². The van der Waals surface area contributed by atoms with Crippen LogP contribution in [0, 0.1) is 11.7 Å². The SMILES string of the molecule is O=C(Nc1ccccc1)C1CCN(C(=O)CCc2ncc(-c3ccccc3F)o2)CC1. The maximum absolute atomic E-state index is 13.9. The molecule has 0 spiro atoms. The fourth-order valence-corrected chi connectivity index (χ4v) is 3.74. The second-order valence-electron chi connectivity index (χ2n) is 7.61. The van der Waals surface area contributed by atoms with Gasteiger partial charge < -0.3 is 14.6 Å². The Kier molecular flexibility index (Phi) is 6.40. The number of benzene rings is 2. The Labute approximate surface area is 180 Å². The number of oxazole rings is 1. The van der Waals surface area contributed by atoms with Crippen LogP contribution >= 0.6 is 0 Å². The number of halogens is 1. The maximum atomic E-state index is 13.9. The number of carbonyl (C=O) groups is 2. The molecule has 160 valence electrons. The number of anilines is 1. The predicted molar refractivity (Wildman–Crippen MR) is 115 cm³/mol. The van der Waals surface area contributed by atoms with Crippen LogP contribution in [0.15, 0.2) is 65.2 Å². The van der Waals surface area contributed by atoms with Crippen LogP contribution in [0.2, 0.25) is 0 Å². The first-order chi connectivity index (χ1) is 15.1. The summed E-state index contributed by atoms with van der Waals surface area (Å²) in [4.78, 5) is 31.0. The molecule has 3 aromatic rings. The van der Waals surface area contributed by atoms with Gasteiger partial charge in [-0.1, -0.05) is 30.3 Å². The molecule has 0 saturated carbocycles. The van der Waals surface area contributed by atoms with E-state index in [2.05, 4.69) is 10.3 Å². The number of likely N-dealkylation sites (tertiary alicyclic amines) is 1. The summed E-state index contributed by atoms with van der Waals surface area (Å²) in [6.07, 6.45) is 3.37. The van der Waals surface area contributed by atoms with E-state index in [0.717, 1.165) is 5.69 Å². The molecule has 31 heavy (non-hydrogen) atoms. The molecule has 0 unspecified atom stereocenters. The number of nitrogens with one attached hydrogen (secondary N) is 1. The van der Waals surface area contributed by atoms with E-state index in [1.165, 1.54) is 12.3 Å². The standard InChI is InChI=1S/C24H24FN3O3/c25-20-9-5-4-8-19(20)21-16-26-22(31-21)10-11-23(29)28-14-12-17(13-15-28)24(30)27-18-6-2-1-3-7-18/h1-9,16-17H,10-15H2,(H,27,30). The van der Waals surface area contributed by atoms with Gasteiger partial charge in [0.2, 0.25) is 11.8 Å². The van der Waals surface area contributed by atoms with Crippen LogP contribution in [0.3, 0.4) is 0 Å². The highest BCUT2D eigenvalue weighted by Gasteiger charge is 2.27. The van der Waals surface area contributed by atoms with Crippen LogP contribution in [0.5, 0.6) is 0 Å². The average Bonchev–Trinajstić information content (AvgIpc) is 3.27. The predicted octanol–water partition coefficient (Wildman–Crippen LogP) is 4.29. The molecule has 1 aliphatic heterocycles. The minimum atomic E-state index is -0.375. The first-order valence-electron chi connectivity index (χ1n) is 10.4. The number of aromatic nitrogens is 1. The third-order valence-corrected chi connectivity index (χ3v) is 5.51. The quantitative estimate of drug-likeness (QED) is 0.644. The zero-order chi connectivity index (χ0) is 21.6. The van der Waals surface area contributed by atoms with Crippen LogP contribution in [0.25, 0.3) is 11.3 Å². The Morgan fingerprint density at radius 3 is 2.52 bits per heavy atom. The fraction of sp³-hybridized carbons (Fsp3) is 0.292. The summed E-state index contributed by atoms with van der Waals surface area (Å²) in [6, 6.07) is 15.7. The zero-order valence-electron chi connectivity index (χ0n) is 17.1. The highest BCUT2D eigenvalue weighted by atomic mass is 19.1. The lowest BCUT2D eigenvalue weighted by Crippen LogP contribution is -2.41. The average molecular weight is 421 g/mol. The van der Waals surface area contributed by atoms with E-state index in [1.54, 1.807) is 23.1 Å². The summed E-state index contributed by atoms with van der Waals surface area (Å²) >= 11 is 0. The fourth-order valence-electron chi connectivity index (χ4n) is 3.74. The summed E-state index contributed by atoms with van der Waals surface area (Å²) in [5.74, 6) is 0.292. The van der Waals surface area contributed by atoms with Crippen LogP contribution in [0.1, 0.15) is 25.2 Å². The van der Waals surface area contributed by atoms with Crippen LogP contribution in [-0.4, -0.2) is 34.8 Å². The zero-order valence-corrected chi connectivity index (χ0v) is 17.1. The number of nitrogens with zero attached hydrogens (tertiary/aromatic N) is 2. The van der Waals surface area contributed by atoms with Gasteiger partial charge in [0, 0.05) is 37.5 Å². The second-order valence-corrected chi connectivity index (χ2v) is 7.61. The van der Waals surface area contributed by atoms with E-state index in [-0.39, 0.29) is 30.0 Å². The van der Waals surface area contributed by atoms with Gasteiger partial charge in [0.1, 0.15) is 5.82 Å². The molecule has 4 rings (SSSR count). The molecule has 1 N–H and O–H groups in total. The second kappa shape index (κ2) is 9.55. The number of amides is 2. The maximum Gasteiger partial charge on any atom is 0.227 e. The third kappa shape index (κ3) is 5.17. The van der Waals surface area contributed by atoms with Gasteiger partial charge >= 0.3 is 0 Å². The highest BCUT2D eigenvalue weighted by molar-refractivity contribution is 5.92. The Hall–Kier alpha value is -3.48. The third-order valence-electron chi connectivity index (χ3n) is 5.51. The van der Waals surface area contributed by atoms with Gasteiger partial charge in [0.05, 0.1) is 11.8 Å². The monoisotopic (exact) mass is 421 g/mol. The van der Waals surface area contributed by atoms with Crippen molar-refractivity contribution in [1.29, 1.82) is 0 Å². The Balaban J connectivity index is 1.24. The van der Waals surface area contributed by atoms with Crippen LogP contribution in [-0.2, 0) is 16.0 Å². The van der Waals surface area contributed by atoms with Crippen molar-refractivity contribution in [3.63, 3.8) is 0 Å². The summed E-state index contributed by atoms with van der Waals surface area (Å²) in [5, 5.41) is 2.93. The van der Waals surface area contributed by atoms with Crippen LogP contribution in [0.4, 0.5) is 10.1 Å². The van der Waals surface area contributed by atoms with Crippen molar-refractivity contribution >= 4 is 17.5 Å². The lowest BCUT2D eigenvalue weighted by Gasteiger charge is -2.31. The lowest BCUT2D eigenvalue weighted by molar-refractivity contribution is -0.134. The van der Waals surface area contributed by atoms with Crippen LogP contribution < -0.4 is 5.32 Å². The first kappa shape index (κ1) is 20.8. The molecule has 1 fully saturated rings. The van der Waals surface area contributed by atoms with Crippen molar-refractivity contribution in [2.75, 3.05) is 18.4 Å². The molecule has 0 bridgehead atoms. The van der Waals surface area contributed by atoms with Crippen molar-refractivity contribution in [3.8, 4) is 11.3 Å². The van der Waals surface area contributed by atoms with Gasteiger partial charge in [-0.3, -0.25) is 9.59 Å². The number of piperidine rings is 1. The molecule has 0 atom stereocenters. The van der Waals surface area contributed by atoms with E-state index in [9.17, 15) is 14.0 Å². The topological polar surface area (TPSA) is 75.4 Å². The number of hydrogen-bond acceptors (Lipinski definition) is 4. The molecule has 2 amide bonds. The molecule has 1 aliphatic rings. The van der Waals surface area contributed by atoms with Crippen molar-refractivity contribution in [2.45, 2.75) is 25.7 Å². The molecule has 1 aromatic heterocycles. The molecular weight excluding hydrogens is 397 g/mol. The number of rotatable bonds is 6. The van der Waals surface area contributed by atoms with Gasteiger partial charge in [-0.25, -0.2) is 9.37 Å². The number of hydrogen-bond donors (Lipinski definition) is 1. The van der Waals surface area contributed by atoms with Crippen molar-refractivity contribution in [3.05, 3.63) is 72.5 Å². The molecule has 7 heteroatoms. The molecule has 2 aromatic carbocycles.